The van der Waals surface area contributed by atoms with Crippen molar-refractivity contribution in [3.8, 4) is 17.2 Å². The molecule has 0 saturated heterocycles. The van der Waals surface area contributed by atoms with Gasteiger partial charge in [-0.05, 0) is 90.9 Å². The highest BCUT2D eigenvalue weighted by Gasteiger charge is 2.35. The number of likely N-dealkylation sites (N-methyl/N-ethyl adjacent to an activating group) is 2. The summed E-state index contributed by atoms with van der Waals surface area (Å²) < 4.78 is 16.1. The van der Waals surface area contributed by atoms with Crippen LogP contribution in [0.3, 0.4) is 0 Å². The van der Waals surface area contributed by atoms with Crippen LogP contribution in [0.5, 0.6) is 17.2 Å². The Labute approximate surface area is 286 Å². The monoisotopic (exact) mass is 672 g/mol. The van der Waals surface area contributed by atoms with Gasteiger partial charge in [0.05, 0.1) is 21.3 Å². The topological polar surface area (TPSA) is 111 Å². The molecule has 0 spiro atoms. The van der Waals surface area contributed by atoms with Gasteiger partial charge in [0.2, 0.25) is 11.7 Å². The Balaban J connectivity index is 1.64. The van der Waals surface area contributed by atoms with Gasteiger partial charge in [0.15, 0.2) is 11.5 Å². The number of benzene rings is 2. The van der Waals surface area contributed by atoms with E-state index in [1.807, 2.05) is 36.4 Å². The van der Waals surface area contributed by atoms with Crippen LogP contribution < -0.4 is 14.2 Å². The lowest BCUT2D eigenvalue weighted by Gasteiger charge is -2.35. The number of halogens is 1. The first kappa shape index (κ1) is 35.9. The molecule has 2 heterocycles. The number of aromatic nitrogens is 2. The third kappa shape index (κ3) is 9.10. The number of pyridine rings is 2. The number of ether oxygens (including phenoxy) is 3. The second-order valence-corrected chi connectivity index (χ2v) is 11.8. The fourth-order valence-electron chi connectivity index (χ4n) is 5.58. The zero-order valence-corrected chi connectivity index (χ0v) is 28.6. The molecule has 1 atom stereocenters. The van der Waals surface area contributed by atoms with Crippen LogP contribution in [0.15, 0.2) is 85.5 Å². The highest BCUT2D eigenvalue weighted by atomic mass is 35.5. The lowest BCUT2D eigenvalue weighted by atomic mass is 9.96. The van der Waals surface area contributed by atoms with Gasteiger partial charge in [0.1, 0.15) is 6.04 Å². The Morgan fingerprint density at radius 1 is 0.708 bits per heavy atom. The van der Waals surface area contributed by atoms with E-state index in [0.29, 0.717) is 23.6 Å². The number of Topliss-reactive ketones (excluding diaryl/α,β-unsaturated/α-hetero) is 1. The Hall–Kier alpha value is -4.96. The number of hydrogen-bond donors (Lipinski definition) is 0. The van der Waals surface area contributed by atoms with Crippen LogP contribution in [0.2, 0.25) is 5.02 Å². The van der Waals surface area contributed by atoms with Gasteiger partial charge in [0, 0.05) is 61.9 Å². The molecule has 4 rings (SSSR count). The predicted octanol–water partition coefficient (Wildman–Crippen LogP) is 5.50. The van der Waals surface area contributed by atoms with Gasteiger partial charge in [-0.25, -0.2) is 0 Å². The minimum absolute atomic E-state index is 0.0416. The first-order chi connectivity index (χ1) is 23.2. The first-order valence-corrected chi connectivity index (χ1v) is 15.9. The standard InChI is InChI=1S/C37H41ClN4O6/c1-41(30(12-8-25-14-18-39-19-15-25)13-9-26-16-20-40-21-17-26)36(44)31(22-27-6-10-29(38)11-7-27)42(2)37(45)34(43)28-23-32(46-3)35(48-5)33(24-28)47-4/h6-7,10-11,14-21,23-24,30-31H,8-9,12-13,22H2,1-5H3/t31-/m0/s1. The molecule has 0 N–H and O–H groups in total. The van der Waals surface area contributed by atoms with E-state index in [-0.39, 0.29) is 35.4 Å². The highest BCUT2D eigenvalue weighted by Crippen LogP contribution is 2.38. The maximum Gasteiger partial charge on any atom is 0.295 e. The van der Waals surface area contributed by atoms with Gasteiger partial charge in [-0.15, -0.1) is 0 Å². The van der Waals surface area contributed by atoms with E-state index in [9.17, 15) is 14.4 Å². The van der Waals surface area contributed by atoms with Crippen molar-refractivity contribution in [2.75, 3.05) is 35.4 Å². The number of aryl methyl sites for hydroxylation is 2. The Morgan fingerprint density at radius 2 is 1.21 bits per heavy atom. The van der Waals surface area contributed by atoms with Crippen molar-refractivity contribution in [3.63, 3.8) is 0 Å². The quantitative estimate of drug-likeness (QED) is 0.113. The summed E-state index contributed by atoms with van der Waals surface area (Å²) in [6, 6.07) is 16.6. The van der Waals surface area contributed by atoms with E-state index in [4.69, 9.17) is 25.8 Å². The van der Waals surface area contributed by atoms with Crippen LogP contribution >= 0.6 is 11.6 Å². The summed E-state index contributed by atoms with van der Waals surface area (Å²) in [5.41, 5.74) is 3.05. The first-order valence-electron chi connectivity index (χ1n) is 15.6. The summed E-state index contributed by atoms with van der Waals surface area (Å²) in [5, 5.41) is 0.549. The smallest absolute Gasteiger partial charge is 0.295 e. The SMILES string of the molecule is COc1cc(C(=O)C(=O)N(C)[C@@H](Cc2ccc(Cl)cc2)C(=O)N(C)C(CCc2ccncc2)CCc2ccncc2)cc(OC)c1OC. The second kappa shape index (κ2) is 17.3. The van der Waals surface area contributed by atoms with Crippen LogP contribution in [0, 0.1) is 0 Å². The number of methoxy groups -OCH3 is 3. The summed E-state index contributed by atoms with van der Waals surface area (Å²) >= 11 is 6.15. The Kier molecular flexibility index (Phi) is 12.9. The number of amides is 2. The molecule has 2 aromatic heterocycles. The number of ketones is 1. The lowest BCUT2D eigenvalue weighted by molar-refractivity contribution is -0.143. The van der Waals surface area contributed by atoms with Gasteiger partial charge in [-0.3, -0.25) is 24.4 Å². The van der Waals surface area contributed by atoms with E-state index in [1.165, 1.54) is 45.4 Å². The van der Waals surface area contributed by atoms with E-state index in [2.05, 4.69) is 9.97 Å². The number of hydrogen-bond acceptors (Lipinski definition) is 8. The van der Waals surface area contributed by atoms with E-state index >= 15 is 0 Å². The third-order valence-corrected chi connectivity index (χ3v) is 8.71. The van der Waals surface area contributed by atoms with Crippen molar-refractivity contribution in [1.29, 1.82) is 0 Å². The van der Waals surface area contributed by atoms with Crippen molar-refractivity contribution in [3.05, 3.63) is 113 Å². The molecular weight excluding hydrogens is 632 g/mol. The molecule has 0 aliphatic rings. The molecule has 252 valence electrons. The van der Waals surface area contributed by atoms with Crippen LogP contribution in [0.1, 0.15) is 39.9 Å². The lowest BCUT2D eigenvalue weighted by Crippen LogP contribution is -2.53. The van der Waals surface area contributed by atoms with Crippen molar-refractivity contribution in [1.82, 2.24) is 19.8 Å². The van der Waals surface area contributed by atoms with Crippen LogP contribution in [-0.2, 0) is 28.9 Å². The molecule has 2 amide bonds. The average Bonchev–Trinajstić information content (AvgIpc) is 3.13. The number of nitrogens with zero attached hydrogens (tertiary/aromatic N) is 4. The molecule has 10 nitrogen and oxygen atoms in total. The van der Waals surface area contributed by atoms with Crippen molar-refractivity contribution in [2.45, 2.75) is 44.2 Å². The summed E-state index contributed by atoms with van der Waals surface area (Å²) in [6.07, 6.45) is 10.0. The molecular formula is C37H41ClN4O6. The van der Waals surface area contributed by atoms with E-state index < -0.39 is 17.7 Å². The largest absolute Gasteiger partial charge is 0.493 e. The number of carbonyl (C=O) groups excluding carboxylic acids is 3. The van der Waals surface area contributed by atoms with Crippen molar-refractivity contribution < 1.29 is 28.6 Å². The Morgan fingerprint density at radius 3 is 1.67 bits per heavy atom. The minimum atomic E-state index is -0.987. The predicted molar refractivity (Wildman–Crippen MR) is 184 cm³/mol. The van der Waals surface area contributed by atoms with Crippen LogP contribution in [0.25, 0.3) is 0 Å². The molecule has 4 aromatic rings. The third-order valence-electron chi connectivity index (χ3n) is 8.46. The van der Waals surface area contributed by atoms with Crippen LogP contribution in [-0.4, -0.2) is 84.9 Å². The molecule has 0 bridgehead atoms. The van der Waals surface area contributed by atoms with Gasteiger partial charge in [-0.1, -0.05) is 23.7 Å². The average molecular weight is 673 g/mol. The summed E-state index contributed by atoms with van der Waals surface area (Å²) in [5.74, 6) is -1.20. The second-order valence-electron chi connectivity index (χ2n) is 11.4. The summed E-state index contributed by atoms with van der Waals surface area (Å²) in [6.45, 7) is 0. The minimum Gasteiger partial charge on any atom is -0.493 e. The maximum atomic E-state index is 14.5. The molecule has 0 saturated carbocycles. The molecule has 11 heteroatoms. The van der Waals surface area contributed by atoms with Gasteiger partial charge >= 0.3 is 0 Å². The summed E-state index contributed by atoms with van der Waals surface area (Å²) in [7, 11) is 7.55. The van der Waals surface area contributed by atoms with Gasteiger partial charge in [0.25, 0.3) is 11.7 Å². The summed E-state index contributed by atoms with van der Waals surface area (Å²) in [4.78, 5) is 53.2. The van der Waals surface area contributed by atoms with Crippen LogP contribution in [0.4, 0.5) is 0 Å². The van der Waals surface area contributed by atoms with Crippen molar-refractivity contribution >= 4 is 29.2 Å². The van der Waals surface area contributed by atoms with Crippen molar-refractivity contribution in [2.24, 2.45) is 0 Å². The molecule has 0 fully saturated rings. The Bertz CT molecular complexity index is 1600. The molecule has 0 radical (unpaired) electrons. The highest BCUT2D eigenvalue weighted by molar-refractivity contribution is 6.43. The van der Waals surface area contributed by atoms with Gasteiger partial charge in [-0.2, -0.15) is 0 Å². The maximum absolute atomic E-state index is 14.5. The van der Waals surface area contributed by atoms with E-state index in [0.717, 1.165) is 29.5 Å². The molecule has 0 unspecified atom stereocenters. The molecule has 0 aliphatic heterocycles. The molecule has 48 heavy (non-hydrogen) atoms. The number of carbonyl (C=O) groups is 3. The fourth-order valence-corrected chi connectivity index (χ4v) is 5.71. The zero-order valence-electron chi connectivity index (χ0n) is 27.9. The fraction of sp³-hybridized carbons (Fsp3) is 0.324. The van der Waals surface area contributed by atoms with Gasteiger partial charge < -0.3 is 24.0 Å². The normalized spacial score (nSPS) is 11.5. The zero-order chi connectivity index (χ0) is 34.6. The van der Waals surface area contributed by atoms with E-state index in [1.54, 1.807) is 48.9 Å². The molecule has 2 aromatic carbocycles. The molecule has 0 aliphatic carbocycles. The number of rotatable bonds is 16.